The molecule has 0 spiro atoms. The molecule has 4 saturated heterocycles. The van der Waals surface area contributed by atoms with E-state index < -0.39 is 0 Å². The number of nitrogens with zero attached hydrogens (tertiary/aromatic N) is 5. The first-order chi connectivity index (χ1) is 12.3. The summed E-state index contributed by atoms with van der Waals surface area (Å²) in [6.07, 6.45) is 0. The number of ether oxygens (including phenoxy) is 4. The standard InChI is InChI=1S/C15H20ClN5O4/c16-13-17-14(20-9-1-22-3-10(20)4-23-2-9)19-15(18-13)21-11-5-24-7-12(21)8-25-6-11/h9-12H,1-8H2. The van der Waals surface area contributed by atoms with Gasteiger partial charge in [-0.1, -0.05) is 0 Å². The van der Waals surface area contributed by atoms with Gasteiger partial charge in [0.2, 0.25) is 17.2 Å². The zero-order valence-electron chi connectivity index (χ0n) is 13.7. The number of hydrogen-bond acceptors (Lipinski definition) is 9. The molecular weight excluding hydrogens is 350 g/mol. The van der Waals surface area contributed by atoms with Gasteiger partial charge in [-0.2, -0.15) is 15.0 Å². The topological polar surface area (TPSA) is 82.1 Å². The molecule has 5 heterocycles. The Morgan fingerprint density at radius 1 is 0.600 bits per heavy atom. The highest BCUT2D eigenvalue weighted by Crippen LogP contribution is 2.29. The molecule has 0 aliphatic carbocycles. The minimum atomic E-state index is 0.103. The third-order valence-corrected chi connectivity index (χ3v) is 5.27. The molecule has 4 aliphatic heterocycles. The smallest absolute Gasteiger partial charge is 0.232 e. The van der Waals surface area contributed by atoms with Crippen LogP contribution in [0.25, 0.3) is 0 Å². The SMILES string of the molecule is Clc1nc(N2C3COCC2COC3)nc(N2C3COCC2COC3)n1. The fraction of sp³-hybridized carbons (Fsp3) is 0.800. The lowest BCUT2D eigenvalue weighted by Gasteiger charge is -2.47. The lowest BCUT2D eigenvalue weighted by molar-refractivity contribution is -0.0367. The first-order valence-electron chi connectivity index (χ1n) is 8.59. The Bertz CT molecular complexity index is 558. The number of rotatable bonds is 2. The van der Waals surface area contributed by atoms with Gasteiger partial charge in [-0.05, 0) is 11.6 Å². The third kappa shape index (κ3) is 2.83. The quantitative estimate of drug-likeness (QED) is 0.699. The van der Waals surface area contributed by atoms with Crippen molar-refractivity contribution in [2.75, 3.05) is 62.7 Å². The minimum absolute atomic E-state index is 0.103. The number of morpholine rings is 4. The summed E-state index contributed by atoms with van der Waals surface area (Å²) in [5.74, 6) is 1.20. The minimum Gasteiger partial charge on any atom is -0.377 e. The summed E-state index contributed by atoms with van der Waals surface area (Å²) < 4.78 is 22.6. The van der Waals surface area contributed by atoms with E-state index in [1.807, 2.05) is 0 Å². The molecule has 136 valence electrons. The molecule has 10 heteroatoms. The van der Waals surface area contributed by atoms with E-state index in [2.05, 4.69) is 19.8 Å². The monoisotopic (exact) mass is 369 g/mol. The predicted octanol–water partition coefficient (Wildman–Crippen LogP) is -0.267. The van der Waals surface area contributed by atoms with Gasteiger partial charge >= 0.3 is 0 Å². The van der Waals surface area contributed by atoms with Crippen molar-refractivity contribution in [2.24, 2.45) is 0 Å². The Balaban J connectivity index is 1.50. The van der Waals surface area contributed by atoms with Crippen LogP contribution in [0.3, 0.4) is 0 Å². The van der Waals surface area contributed by atoms with E-state index in [1.165, 1.54) is 0 Å². The summed E-state index contributed by atoms with van der Waals surface area (Å²) in [4.78, 5) is 17.9. The van der Waals surface area contributed by atoms with Crippen molar-refractivity contribution >= 4 is 23.5 Å². The van der Waals surface area contributed by atoms with E-state index in [0.29, 0.717) is 64.8 Å². The summed E-state index contributed by atoms with van der Waals surface area (Å²) >= 11 is 6.26. The average molecular weight is 370 g/mol. The van der Waals surface area contributed by atoms with Gasteiger partial charge in [0.05, 0.1) is 77.0 Å². The maximum atomic E-state index is 6.26. The molecule has 0 atom stereocenters. The number of hydrogen-bond donors (Lipinski definition) is 0. The molecule has 0 saturated carbocycles. The van der Waals surface area contributed by atoms with Gasteiger partial charge in [0.1, 0.15) is 0 Å². The second-order valence-electron chi connectivity index (χ2n) is 6.78. The van der Waals surface area contributed by atoms with Crippen LogP contribution < -0.4 is 9.80 Å². The first kappa shape index (κ1) is 16.0. The first-order valence-corrected chi connectivity index (χ1v) is 8.96. The third-order valence-electron chi connectivity index (χ3n) is 5.10. The van der Waals surface area contributed by atoms with Crippen LogP contribution in [-0.2, 0) is 18.9 Å². The Kier molecular flexibility index (Phi) is 4.13. The van der Waals surface area contributed by atoms with Gasteiger partial charge in [0, 0.05) is 0 Å². The molecule has 0 amide bonds. The van der Waals surface area contributed by atoms with E-state index in [1.54, 1.807) is 0 Å². The molecule has 1 aromatic heterocycles. The Morgan fingerprint density at radius 3 is 1.24 bits per heavy atom. The van der Waals surface area contributed by atoms with E-state index >= 15 is 0 Å². The van der Waals surface area contributed by atoms with E-state index in [-0.39, 0.29) is 29.5 Å². The Morgan fingerprint density at radius 2 is 0.920 bits per heavy atom. The van der Waals surface area contributed by atoms with Gasteiger partial charge < -0.3 is 28.7 Å². The fourth-order valence-corrected chi connectivity index (χ4v) is 4.16. The van der Waals surface area contributed by atoms with Crippen molar-refractivity contribution in [3.63, 3.8) is 0 Å². The molecule has 0 aromatic carbocycles. The highest BCUT2D eigenvalue weighted by Gasteiger charge is 2.40. The number of anilines is 2. The molecule has 4 bridgehead atoms. The maximum Gasteiger partial charge on any atom is 0.232 e. The van der Waals surface area contributed by atoms with Gasteiger partial charge in [0.25, 0.3) is 0 Å². The largest absolute Gasteiger partial charge is 0.377 e. The molecule has 4 aliphatic rings. The molecular formula is C15H20ClN5O4. The average Bonchev–Trinajstić information content (AvgIpc) is 2.60. The molecule has 9 nitrogen and oxygen atoms in total. The van der Waals surface area contributed by atoms with Crippen LogP contribution in [0.15, 0.2) is 0 Å². The van der Waals surface area contributed by atoms with E-state index in [9.17, 15) is 0 Å². The van der Waals surface area contributed by atoms with Crippen molar-refractivity contribution in [1.82, 2.24) is 15.0 Å². The second-order valence-corrected chi connectivity index (χ2v) is 7.12. The van der Waals surface area contributed by atoms with Crippen molar-refractivity contribution in [3.8, 4) is 0 Å². The van der Waals surface area contributed by atoms with Crippen molar-refractivity contribution in [2.45, 2.75) is 24.2 Å². The molecule has 1 aromatic rings. The fourth-order valence-electron chi connectivity index (χ4n) is 4.01. The number of fused-ring (bicyclic) bond motifs is 4. The molecule has 4 fully saturated rings. The van der Waals surface area contributed by atoms with Crippen molar-refractivity contribution in [1.29, 1.82) is 0 Å². The van der Waals surface area contributed by atoms with Gasteiger partial charge in [-0.25, -0.2) is 0 Å². The molecule has 25 heavy (non-hydrogen) atoms. The molecule has 5 rings (SSSR count). The molecule has 0 unspecified atom stereocenters. The molecule has 0 N–H and O–H groups in total. The van der Waals surface area contributed by atoms with Gasteiger partial charge in [0.15, 0.2) is 0 Å². The van der Waals surface area contributed by atoms with Crippen LogP contribution in [-0.4, -0.2) is 92.0 Å². The van der Waals surface area contributed by atoms with Crippen LogP contribution in [0.4, 0.5) is 11.9 Å². The van der Waals surface area contributed by atoms with E-state index in [4.69, 9.17) is 35.5 Å². The van der Waals surface area contributed by atoms with Crippen LogP contribution in [0.5, 0.6) is 0 Å². The van der Waals surface area contributed by atoms with Crippen LogP contribution in [0, 0.1) is 0 Å². The van der Waals surface area contributed by atoms with Crippen LogP contribution >= 0.6 is 11.6 Å². The Hall–Kier alpha value is -1.26. The lowest BCUT2D eigenvalue weighted by Crippen LogP contribution is -2.61. The van der Waals surface area contributed by atoms with Crippen LogP contribution in [0.2, 0.25) is 5.28 Å². The van der Waals surface area contributed by atoms with Crippen molar-refractivity contribution in [3.05, 3.63) is 5.28 Å². The molecule has 0 radical (unpaired) electrons. The summed E-state index contributed by atoms with van der Waals surface area (Å²) in [6.45, 7) is 4.82. The lowest BCUT2D eigenvalue weighted by atomic mass is 10.1. The summed E-state index contributed by atoms with van der Waals surface area (Å²) in [5, 5.41) is 0.205. The van der Waals surface area contributed by atoms with E-state index in [0.717, 1.165) is 0 Å². The highest BCUT2D eigenvalue weighted by atomic mass is 35.5. The normalized spacial score (nSPS) is 34.9. The highest BCUT2D eigenvalue weighted by molar-refractivity contribution is 6.28. The number of aromatic nitrogens is 3. The number of halogens is 1. The summed E-state index contributed by atoms with van der Waals surface area (Å²) in [6, 6.07) is 0.412. The maximum absolute atomic E-state index is 6.26. The van der Waals surface area contributed by atoms with Gasteiger partial charge in [-0.15, -0.1) is 0 Å². The zero-order chi connectivity index (χ0) is 16.8. The van der Waals surface area contributed by atoms with Crippen LogP contribution in [0.1, 0.15) is 0 Å². The summed E-state index contributed by atoms with van der Waals surface area (Å²) in [7, 11) is 0. The van der Waals surface area contributed by atoms with Crippen molar-refractivity contribution < 1.29 is 18.9 Å². The second kappa shape index (κ2) is 6.48. The predicted molar refractivity (Wildman–Crippen MR) is 88.2 cm³/mol. The summed E-state index contributed by atoms with van der Waals surface area (Å²) in [5.41, 5.74) is 0. The Labute approximate surface area is 150 Å². The zero-order valence-corrected chi connectivity index (χ0v) is 14.5. The van der Waals surface area contributed by atoms with Gasteiger partial charge in [-0.3, -0.25) is 0 Å².